The highest BCUT2D eigenvalue weighted by molar-refractivity contribution is 7.99. The van der Waals surface area contributed by atoms with Gasteiger partial charge in [0.1, 0.15) is 5.76 Å². The summed E-state index contributed by atoms with van der Waals surface area (Å²) in [6.45, 7) is 3.52. The molecule has 0 N–H and O–H groups in total. The molecule has 2 aromatic rings. The number of hydrogen-bond donors (Lipinski definition) is 0. The van der Waals surface area contributed by atoms with Crippen LogP contribution < -0.4 is 0 Å². The molecular weight excluding hydrogens is 289 g/mol. The number of hydrogen-bond acceptors (Lipinski definition) is 4. The molecule has 104 valence electrons. The Morgan fingerprint density at radius 3 is 2.50 bits per heavy atom. The van der Waals surface area contributed by atoms with Crippen molar-refractivity contribution in [1.29, 1.82) is 5.26 Å². The first-order valence-electron chi connectivity index (χ1n) is 5.54. The first kappa shape index (κ1) is 14.5. The monoisotopic (exact) mass is 298 g/mol. The van der Waals surface area contributed by atoms with Gasteiger partial charge in [-0.2, -0.15) is 18.4 Å². The van der Waals surface area contributed by atoms with E-state index in [0.717, 1.165) is 23.5 Å². The summed E-state index contributed by atoms with van der Waals surface area (Å²) in [5, 5.41) is 9.16. The third-order valence-corrected chi connectivity index (χ3v) is 3.47. The Kier molecular flexibility index (Phi) is 3.77. The summed E-state index contributed by atoms with van der Waals surface area (Å²) in [6.07, 6.45) is -4.54. The Balaban J connectivity index is 2.33. The highest BCUT2D eigenvalue weighted by Crippen LogP contribution is 2.35. The van der Waals surface area contributed by atoms with Crippen molar-refractivity contribution in [2.45, 2.75) is 30.1 Å². The zero-order chi connectivity index (χ0) is 14.9. The van der Waals surface area contributed by atoms with E-state index in [-0.39, 0.29) is 0 Å². The molecule has 0 radical (unpaired) electrons. The molecule has 0 saturated heterocycles. The van der Waals surface area contributed by atoms with Crippen LogP contribution in [-0.2, 0) is 6.18 Å². The zero-order valence-corrected chi connectivity index (χ0v) is 11.4. The quantitative estimate of drug-likeness (QED) is 0.828. The summed E-state index contributed by atoms with van der Waals surface area (Å²) >= 11 is 1.08. The van der Waals surface area contributed by atoms with Gasteiger partial charge < -0.3 is 4.42 Å². The lowest BCUT2D eigenvalue weighted by Gasteiger charge is -2.09. The molecule has 1 aromatic carbocycles. The average molecular weight is 298 g/mol. The van der Waals surface area contributed by atoms with E-state index in [4.69, 9.17) is 9.68 Å². The van der Waals surface area contributed by atoms with E-state index >= 15 is 0 Å². The molecule has 0 atom stereocenters. The minimum Gasteiger partial charge on any atom is -0.436 e. The van der Waals surface area contributed by atoms with Crippen LogP contribution in [0.4, 0.5) is 13.2 Å². The number of aromatic nitrogens is 1. The predicted molar refractivity (Wildman–Crippen MR) is 66.3 cm³/mol. The SMILES string of the molecule is Cc1nc(Sc2ccc(C(F)(F)F)c(C#N)c2)oc1C. The van der Waals surface area contributed by atoms with Gasteiger partial charge in [0, 0.05) is 4.90 Å². The van der Waals surface area contributed by atoms with Gasteiger partial charge in [0.25, 0.3) is 5.22 Å². The Morgan fingerprint density at radius 1 is 1.30 bits per heavy atom. The maximum absolute atomic E-state index is 12.7. The Bertz CT molecular complexity index is 666. The number of nitrogens with zero attached hydrogens (tertiary/aromatic N) is 2. The van der Waals surface area contributed by atoms with Crippen molar-refractivity contribution in [1.82, 2.24) is 4.98 Å². The van der Waals surface area contributed by atoms with Crippen LogP contribution in [0.5, 0.6) is 0 Å². The van der Waals surface area contributed by atoms with Crippen molar-refractivity contribution in [2.24, 2.45) is 0 Å². The van der Waals surface area contributed by atoms with E-state index in [1.165, 1.54) is 12.1 Å². The third kappa shape index (κ3) is 2.96. The zero-order valence-electron chi connectivity index (χ0n) is 10.6. The largest absolute Gasteiger partial charge is 0.436 e. The number of alkyl halides is 3. The van der Waals surface area contributed by atoms with Crippen molar-refractivity contribution in [2.75, 3.05) is 0 Å². The molecule has 0 bridgehead atoms. The molecule has 0 aliphatic carbocycles. The summed E-state index contributed by atoms with van der Waals surface area (Å²) in [4.78, 5) is 4.59. The van der Waals surface area contributed by atoms with Gasteiger partial charge in [-0.05, 0) is 43.8 Å². The third-order valence-electron chi connectivity index (χ3n) is 2.63. The number of oxazole rings is 1. The Morgan fingerprint density at radius 2 is 2.00 bits per heavy atom. The van der Waals surface area contributed by atoms with Gasteiger partial charge in [-0.25, -0.2) is 4.98 Å². The number of nitriles is 1. The van der Waals surface area contributed by atoms with E-state index in [9.17, 15) is 13.2 Å². The molecule has 2 rings (SSSR count). The number of benzene rings is 1. The van der Waals surface area contributed by atoms with E-state index in [1.54, 1.807) is 19.9 Å². The minimum atomic E-state index is -4.54. The molecule has 3 nitrogen and oxygen atoms in total. The second-order valence-electron chi connectivity index (χ2n) is 4.04. The molecule has 0 aliphatic rings. The fraction of sp³-hybridized carbons (Fsp3) is 0.231. The normalized spacial score (nSPS) is 11.4. The fourth-order valence-corrected chi connectivity index (χ4v) is 2.38. The number of aryl methyl sites for hydroxylation is 2. The van der Waals surface area contributed by atoms with Gasteiger partial charge in [-0.15, -0.1) is 0 Å². The van der Waals surface area contributed by atoms with Gasteiger partial charge in [0.15, 0.2) is 0 Å². The molecule has 0 unspecified atom stereocenters. The lowest BCUT2D eigenvalue weighted by Crippen LogP contribution is -2.07. The first-order chi connectivity index (χ1) is 9.31. The van der Waals surface area contributed by atoms with E-state index < -0.39 is 17.3 Å². The molecule has 0 spiro atoms. The van der Waals surface area contributed by atoms with Crippen molar-refractivity contribution in [3.05, 3.63) is 40.8 Å². The fourth-order valence-electron chi connectivity index (χ4n) is 1.51. The van der Waals surface area contributed by atoms with Gasteiger partial charge in [0.2, 0.25) is 0 Å². The van der Waals surface area contributed by atoms with Crippen LogP contribution in [0.25, 0.3) is 0 Å². The summed E-state index contributed by atoms with van der Waals surface area (Å²) in [5.74, 6) is 0.653. The molecule has 0 aliphatic heterocycles. The van der Waals surface area contributed by atoms with E-state index in [1.807, 2.05) is 0 Å². The molecule has 20 heavy (non-hydrogen) atoms. The van der Waals surface area contributed by atoms with Gasteiger partial charge in [0.05, 0.1) is 22.9 Å². The highest BCUT2D eigenvalue weighted by Gasteiger charge is 2.33. The lowest BCUT2D eigenvalue weighted by molar-refractivity contribution is -0.137. The second-order valence-corrected chi connectivity index (χ2v) is 5.07. The topological polar surface area (TPSA) is 49.8 Å². The molecule has 1 aromatic heterocycles. The van der Waals surface area contributed by atoms with Gasteiger partial charge >= 0.3 is 6.18 Å². The smallest absolute Gasteiger partial charge is 0.417 e. The van der Waals surface area contributed by atoms with Crippen molar-refractivity contribution in [3.63, 3.8) is 0 Å². The highest BCUT2D eigenvalue weighted by atomic mass is 32.2. The molecule has 0 amide bonds. The van der Waals surface area contributed by atoms with Crippen LogP contribution >= 0.6 is 11.8 Å². The Hall–Kier alpha value is -1.94. The van der Waals surface area contributed by atoms with Crippen LogP contribution in [0.15, 0.2) is 32.7 Å². The predicted octanol–water partition coefficient (Wildman–Crippen LogP) is 4.33. The summed E-state index contributed by atoms with van der Waals surface area (Å²) in [7, 11) is 0. The molecule has 0 saturated carbocycles. The molecular formula is C13H9F3N2OS. The standard InChI is InChI=1S/C13H9F3N2OS/c1-7-8(2)19-12(18-7)20-10-3-4-11(13(14,15)16)9(5-10)6-17/h3-5H,1-2H3. The van der Waals surface area contributed by atoms with Crippen LogP contribution in [0.3, 0.4) is 0 Å². The van der Waals surface area contributed by atoms with Crippen molar-refractivity contribution in [3.8, 4) is 6.07 Å². The van der Waals surface area contributed by atoms with Gasteiger partial charge in [-0.1, -0.05) is 0 Å². The molecule has 1 heterocycles. The van der Waals surface area contributed by atoms with Crippen LogP contribution in [0.1, 0.15) is 22.6 Å². The van der Waals surface area contributed by atoms with Crippen LogP contribution in [0, 0.1) is 25.2 Å². The van der Waals surface area contributed by atoms with Gasteiger partial charge in [-0.3, -0.25) is 0 Å². The Labute approximate surface area is 117 Å². The number of rotatable bonds is 2. The summed E-state index contributed by atoms with van der Waals surface area (Å²) in [5.41, 5.74) is -0.633. The van der Waals surface area contributed by atoms with Crippen LogP contribution in [0.2, 0.25) is 0 Å². The minimum absolute atomic E-state index is 0.337. The maximum Gasteiger partial charge on any atom is 0.417 e. The molecule has 0 fully saturated rings. The second kappa shape index (κ2) is 5.21. The summed E-state index contributed by atoms with van der Waals surface area (Å²) in [6, 6.07) is 4.93. The van der Waals surface area contributed by atoms with E-state index in [0.29, 0.717) is 15.9 Å². The van der Waals surface area contributed by atoms with Crippen molar-refractivity contribution < 1.29 is 17.6 Å². The number of halogens is 3. The van der Waals surface area contributed by atoms with Crippen LogP contribution in [-0.4, -0.2) is 4.98 Å². The van der Waals surface area contributed by atoms with Crippen molar-refractivity contribution >= 4 is 11.8 Å². The molecule has 7 heteroatoms. The lowest BCUT2D eigenvalue weighted by atomic mass is 10.1. The van der Waals surface area contributed by atoms with E-state index in [2.05, 4.69) is 4.98 Å². The maximum atomic E-state index is 12.7. The average Bonchev–Trinajstić information content (AvgIpc) is 2.66. The first-order valence-corrected chi connectivity index (χ1v) is 6.36. The summed E-state index contributed by atoms with van der Waals surface area (Å²) < 4.78 is 43.3.